The van der Waals surface area contributed by atoms with E-state index in [4.69, 9.17) is 4.74 Å². The van der Waals surface area contributed by atoms with Crippen LogP contribution < -0.4 is 0 Å². The van der Waals surface area contributed by atoms with Gasteiger partial charge in [-0.25, -0.2) is 0 Å². The number of ether oxygens (including phenoxy) is 1. The van der Waals surface area contributed by atoms with Crippen LogP contribution in [0.2, 0.25) is 0 Å². The molecule has 0 aromatic rings. The minimum atomic E-state index is 0.233. The minimum absolute atomic E-state index is 0.233. The SMILES string of the molecule is CCCCOCC(C)(C)CS. The highest BCUT2D eigenvalue weighted by atomic mass is 32.1. The number of thiol groups is 1. The topological polar surface area (TPSA) is 9.23 Å². The Kier molecular flexibility index (Phi) is 6.06. The van der Waals surface area contributed by atoms with Crippen molar-refractivity contribution < 1.29 is 4.74 Å². The molecule has 0 amide bonds. The van der Waals surface area contributed by atoms with Crippen molar-refractivity contribution in [3.8, 4) is 0 Å². The summed E-state index contributed by atoms with van der Waals surface area (Å²) >= 11 is 4.25. The van der Waals surface area contributed by atoms with Gasteiger partial charge in [-0.1, -0.05) is 27.2 Å². The van der Waals surface area contributed by atoms with Crippen molar-refractivity contribution in [1.82, 2.24) is 0 Å². The van der Waals surface area contributed by atoms with Gasteiger partial charge in [0.05, 0.1) is 6.61 Å². The highest BCUT2D eigenvalue weighted by molar-refractivity contribution is 7.80. The highest BCUT2D eigenvalue weighted by Gasteiger charge is 2.14. The molecule has 1 nitrogen and oxygen atoms in total. The van der Waals surface area contributed by atoms with Crippen LogP contribution in [0, 0.1) is 5.41 Å². The second-order valence-corrected chi connectivity index (χ2v) is 4.04. The second-order valence-electron chi connectivity index (χ2n) is 3.73. The molecule has 0 bridgehead atoms. The summed E-state index contributed by atoms with van der Waals surface area (Å²) in [5.41, 5.74) is 0.233. The van der Waals surface area contributed by atoms with E-state index in [2.05, 4.69) is 33.4 Å². The number of unbranched alkanes of at least 4 members (excludes halogenated alkanes) is 1. The van der Waals surface area contributed by atoms with E-state index < -0.39 is 0 Å². The van der Waals surface area contributed by atoms with Crippen LogP contribution in [0.25, 0.3) is 0 Å². The molecular weight excluding hydrogens is 156 g/mol. The summed E-state index contributed by atoms with van der Waals surface area (Å²) < 4.78 is 5.48. The molecule has 0 aliphatic heterocycles. The van der Waals surface area contributed by atoms with E-state index in [1.54, 1.807) is 0 Å². The van der Waals surface area contributed by atoms with Crippen LogP contribution in [0.4, 0.5) is 0 Å². The van der Waals surface area contributed by atoms with Crippen LogP contribution in [0.1, 0.15) is 33.6 Å². The maximum Gasteiger partial charge on any atom is 0.0524 e. The monoisotopic (exact) mass is 176 g/mol. The van der Waals surface area contributed by atoms with Crippen LogP contribution in [-0.2, 0) is 4.74 Å². The first-order valence-corrected chi connectivity index (χ1v) is 4.94. The average molecular weight is 176 g/mol. The Labute approximate surface area is 75.9 Å². The molecule has 0 fully saturated rings. The van der Waals surface area contributed by atoms with E-state index in [1.807, 2.05) is 0 Å². The van der Waals surface area contributed by atoms with Crippen molar-refractivity contribution in [2.45, 2.75) is 33.6 Å². The molecule has 11 heavy (non-hydrogen) atoms. The summed E-state index contributed by atoms with van der Waals surface area (Å²) in [7, 11) is 0. The fourth-order valence-electron chi connectivity index (χ4n) is 0.641. The molecule has 0 aromatic carbocycles. The van der Waals surface area contributed by atoms with Gasteiger partial charge in [0.15, 0.2) is 0 Å². The van der Waals surface area contributed by atoms with Gasteiger partial charge in [-0.2, -0.15) is 12.6 Å². The lowest BCUT2D eigenvalue weighted by Crippen LogP contribution is -2.21. The van der Waals surface area contributed by atoms with E-state index in [0.717, 1.165) is 19.0 Å². The molecule has 0 saturated carbocycles. The quantitative estimate of drug-likeness (QED) is 0.483. The van der Waals surface area contributed by atoms with E-state index in [0.29, 0.717) is 0 Å². The summed E-state index contributed by atoms with van der Waals surface area (Å²) in [6.07, 6.45) is 2.38. The molecule has 0 N–H and O–H groups in total. The van der Waals surface area contributed by atoms with E-state index in [9.17, 15) is 0 Å². The lowest BCUT2D eigenvalue weighted by atomic mass is 9.98. The summed E-state index contributed by atoms with van der Waals surface area (Å²) in [5, 5.41) is 0. The Bertz CT molecular complexity index is 91.6. The van der Waals surface area contributed by atoms with Crippen LogP contribution >= 0.6 is 12.6 Å². The van der Waals surface area contributed by atoms with Crippen molar-refractivity contribution >= 4 is 12.6 Å². The van der Waals surface area contributed by atoms with E-state index >= 15 is 0 Å². The molecule has 2 heteroatoms. The second kappa shape index (κ2) is 5.90. The zero-order valence-corrected chi connectivity index (χ0v) is 8.79. The number of hydrogen-bond acceptors (Lipinski definition) is 2. The molecule has 0 atom stereocenters. The zero-order valence-electron chi connectivity index (χ0n) is 7.89. The van der Waals surface area contributed by atoms with Gasteiger partial charge < -0.3 is 4.74 Å². The number of rotatable bonds is 6. The van der Waals surface area contributed by atoms with Crippen molar-refractivity contribution in [2.24, 2.45) is 5.41 Å². The Morgan fingerprint density at radius 2 is 2.00 bits per heavy atom. The van der Waals surface area contributed by atoms with Gasteiger partial charge in [-0.05, 0) is 17.6 Å². The van der Waals surface area contributed by atoms with Gasteiger partial charge >= 0.3 is 0 Å². The normalized spacial score (nSPS) is 12.0. The largest absolute Gasteiger partial charge is 0.381 e. The molecule has 0 saturated heterocycles. The molecule has 0 spiro atoms. The summed E-state index contributed by atoms with van der Waals surface area (Å²) in [6.45, 7) is 8.25. The third-order valence-corrected chi connectivity index (χ3v) is 2.42. The third-order valence-electron chi connectivity index (χ3n) is 1.56. The van der Waals surface area contributed by atoms with Gasteiger partial charge in [0.25, 0.3) is 0 Å². The fourth-order valence-corrected chi connectivity index (χ4v) is 0.732. The first-order valence-electron chi connectivity index (χ1n) is 4.31. The molecule has 0 aliphatic carbocycles. The minimum Gasteiger partial charge on any atom is -0.381 e. The van der Waals surface area contributed by atoms with Gasteiger partial charge in [0, 0.05) is 6.61 Å². The number of hydrogen-bond donors (Lipinski definition) is 1. The predicted octanol–water partition coefficient (Wildman–Crippen LogP) is 2.76. The predicted molar refractivity (Wildman–Crippen MR) is 53.4 cm³/mol. The summed E-state index contributed by atoms with van der Waals surface area (Å²) in [6, 6.07) is 0. The molecule has 0 aliphatic rings. The molecule has 68 valence electrons. The van der Waals surface area contributed by atoms with Crippen LogP contribution in [-0.4, -0.2) is 19.0 Å². The van der Waals surface area contributed by atoms with Crippen LogP contribution in [0.3, 0.4) is 0 Å². The van der Waals surface area contributed by atoms with Gasteiger partial charge in [-0.3, -0.25) is 0 Å². The molecule has 0 rings (SSSR count). The maximum atomic E-state index is 5.48. The first kappa shape index (κ1) is 11.3. The smallest absolute Gasteiger partial charge is 0.0524 e. The molecule has 0 heterocycles. The van der Waals surface area contributed by atoms with Gasteiger partial charge in [-0.15, -0.1) is 0 Å². The van der Waals surface area contributed by atoms with Gasteiger partial charge in [0.2, 0.25) is 0 Å². The summed E-state index contributed by atoms with van der Waals surface area (Å²) in [4.78, 5) is 0. The van der Waals surface area contributed by atoms with Crippen molar-refractivity contribution in [3.05, 3.63) is 0 Å². The maximum absolute atomic E-state index is 5.48. The Balaban J connectivity index is 3.23. The third kappa shape index (κ3) is 6.70. The van der Waals surface area contributed by atoms with Crippen molar-refractivity contribution in [3.63, 3.8) is 0 Å². The molecular formula is C9H20OS. The van der Waals surface area contributed by atoms with Gasteiger partial charge in [0.1, 0.15) is 0 Å². The standard InChI is InChI=1S/C9H20OS/c1-4-5-6-10-7-9(2,3)8-11/h11H,4-8H2,1-3H3. The Hall–Kier alpha value is 0.310. The van der Waals surface area contributed by atoms with E-state index in [1.165, 1.54) is 12.8 Å². The Morgan fingerprint density at radius 3 is 2.45 bits per heavy atom. The fraction of sp³-hybridized carbons (Fsp3) is 1.00. The Morgan fingerprint density at radius 1 is 1.36 bits per heavy atom. The van der Waals surface area contributed by atoms with E-state index in [-0.39, 0.29) is 5.41 Å². The highest BCUT2D eigenvalue weighted by Crippen LogP contribution is 2.16. The summed E-state index contributed by atoms with van der Waals surface area (Å²) in [5.74, 6) is 0.888. The lowest BCUT2D eigenvalue weighted by Gasteiger charge is -2.21. The zero-order chi connectivity index (χ0) is 8.74. The average Bonchev–Trinajstić information content (AvgIpc) is 1.99. The first-order chi connectivity index (χ1) is 5.12. The molecule has 0 radical (unpaired) electrons. The lowest BCUT2D eigenvalue weighted by molar-refractivity contribution is 0.0717. The van der Waals surface area contributed by atoms with Crippen LogP contribution in [0.5, 0.6) is 0 Å². The molecule has 0 unspecified atom stereocenters. The van der Waals surface area contributed by atoms with Crippen molar-refractivity contribution in [1.29, 1.82) is 0 Å². The van der Waals surface area contributed by atoms with Crippen LogP contribution in [0.15, 0.2) is 0 Å². The molecule has 0 aromatic heterocycles. The van der Waals surface area contributed by atoms with Crippen molar-refractivity contribution in [2.75, 3.05) is 19.0 Å².